The number of thiocarbonyl (C=S) groups is 1. The molecule has 1 aliphatic rings. The van der Waals surface area contributed by atoms with Gasteiger partial charge in [0.25, 0.3) is 0 Å². The molecule has 0 saturated carbocycles. The number of ketones is 1. The highest BCUT2D eigenvalue weighted by atomic mass is 32.1. The van der Waals surface area contributed by atoms with E-state index in [1.165, 1.54) is 0 Å². The number of nitrogens with one attached hydrogen (secondary N) is 2. The Morgan fingerprint density at radius 3 is 2.18 bits per heavy atom. The minimum atomic E-state index is -0.234. The number of hydrogen-bond acceptors (Lipinski definition) is 2. The van der Waals surface area contributed by atoms with Crippen LogP contribution in [0.3, 0.4) is 0 Å². The molecule has 1 heterocycles. The Labute approximate surface area is 135 Å². The maximum atomic E-state index is 12.3. The Hall–Kier alpha value is -2.46. The zero-order valence-corrected chi connectivity index (χ0v) is 13.0. The van der Waals surface area contributed by atoms with Crippen LogP contribution in [-0.4, -0.2) is 10.9 Å². The first-order chi connectivity index (χ1) is 10.7. The SMILES string of the molecule is CC(=O)C1=C(c2ccccc2)NC(=S)N[C@H]1c1ccccc1. The van der Waals surface area contributed by atoms with Crippen LogP contribution in [0.1, 0.15) is 24.1 Å². The third kappa shape index (κ3) is 2.78. The number of rotatable bonds is 3. The lowest BCUT2D eigenvalue weighted by atomic mass is 9.90. The molecule has 3 rings (SSSR count). The average Bonchev–Trinajstić information content (AvgIpc) is 2.55. The molecule has 22 heavy (non-hydrogen) atoms. The highest BCUT2D eigenvalue weighted by Gasteiger charge is 2.29. The fourth-order valence-corrected chi connectivity index (χ4v) is 2.89. The molecule has 1 atom stereocenters. The van der Waals surface area contributed by atoms with Gasteiger partial charge in [-0.2, -0.15) is 0 Å². The van der Waals surface area contributed by atoms with Gasteiger partial charge in [0.15, 0.2) is 10.9 Å². The maximum absolute atomic E-state index is 12.3. The monoisotopic (exact) mass is 308 g/mol. The molecule has 2 aromatic rings. The summed E-state index contributed by atoms with van der Waals surface area (Å²) in [5, 5.41) is 6.87. The van der Waals surface area contributed by atoms with Gasteiger partial charge in [0.1, 0.15) is 0 Å². The van der Waals surface area contributed by atoms with Gasteiger partial charge >= 0.3 is 0 Å². The van der Waals surface area contributed by atoms with E-state index in [9.17, 15) is 4.79 Å². The smallest absolute Gasteiger partial charge is 0.171 e. The van der Waals surface area contributed by atoms with Gasteiger partial charge in [-0.25, -0.2) is 0 Å². The molecule has 1 aliphatic heterocycles. The Morgan fingerprint density at radius 1 is 1.00 bits per heavy atom. The van der Waals surface area contributed by atoms with Crippen LogP contribution in [0.25, 0.3) is 5.70 Å². The van der Waals surface area contributed by atoms with Crippen molar-refractivity contribution in [2.75, 3.05) is 0 Å². The van der Waals surface area contributed by atoms with Crippen molar-refractivity contribution >= 4 is 28.8 Å². The molecule has 0 spiro atoms. The highest BCUT2D eigenvalue weighted by Crippen LogP contribution is 2.31. The number of benzene rings is 2. The first kappa shape index (κ1) is 14.5. The van der Waals surface area contributed by atoms with Crippen molar-refractivity contribution in [1.82, 2.24) is 10.6 Å². The third-order valence-corrected chi connectivity index (χ3v) is 3.87. The Kier molecular flexibility index (Phi) is 4.02. The van der Waals surface area contributed by atoms with Gasteiger partial charge in [0.2, 0.25) is 0 Å². The van der Waals surface area contributed by atoms with Crippen molar-refractivity contribution < 1.29 is 4.79 Å². The maximum Gasteiger partial charge on any atom is 0.171 e. The van der Waals surface area contributed by atoms with Crippen molar-refractivity contribution in [2.45, 2.75) is 13.0 Å². The summed E-state index contributed by atoms with van der Waals surface area (Å²) in [6.45, 7) is 1.59. The normalized spacial score (nSPS) is 17.7. The van der Waals surface area contributed by atoms with Crippen LogP contribution in [-0.2, 0) is 4.79 Å². The topological polar surface area (TPSA) is 41.1 Å². The lowest BCUT2D eigenvalue weighted by molar-refractivity contribution is -0.113. The summed E-state index contributed by atoms with van der Waals surface area (Å²) < 4.78 is 0. The molecule has 0 unspecified atom stereocenters. The van der Waals surface area contributed by atoms with Gasteiger partial charge in [-0.05, 0) is 30.3 Å². The van der Waals surface area contributed by atoms with Crippen molar-refractivity contribution in [3.05, 3.63) is 77.4 Å². The second-order valence-electron chi connectivity index (χ2n) is 5.15. The zero-order valence-electron chi connectivity index (χ0n) is 12.2. The van der Waals surface area contributed by atoms with E-state index in [-0.39, 0.29) is 11.8 Å². The van der Waals surface area contributed by atoms with Crippen LogP contribution in [0.5, 0.6) is 0 Å². The van der Waals surface area contributed by atoms with Crippen molar-refractivity contribution in [3.8, 4) is 0 Å². The molecule has 4 heteroatoms. The van der Waals surface area contributed by atoms with E-state index in [2.05, 4.69) is 10.6 Å². The summed E-state index contributed by atoms with van der Waals surface area (Å²) in [5.74, 6) is 0.0233. The molecule has 0 saturated heterocycles. The predicted octanol–water partition coefficient (Wildman–Crippen LogP) is 3.21. The van der Waals surface area contributed by atoms with Gasteiger partial charge in [-0.15, -0.1) is 0 Å². The van der Waals surface area contributed by atoms with Crippen LogP contribution < -0.4 is 10.6 Å². The van der Waals surface area contributed by atoms with Crippen LogP contribution in [0.4, 0.5) is 0 Å². The quantitative estimate of drug-likeness (QED) is 0.854. The van der Waals surface area contributed by atoms with Crippen molar-refractivity contribution in [2.24, 2.45) is 0 Å². The molecular weight excluding hydrogens is 292 g/mol. The average molecular weight is 308 g/mol. The minimum Gasteiger partial charge on any atom is -0.351 e. The first-order valence-corrected chi connectivity index (χ1v) is 7.50. The molecule has 3 nitrogen and oxygen atoms in total. The predicted molar refractivity (Wildman–Crippen MR) is 92.1 cm³/mol. The van der Waals surface area contributed by atoms with Crippen LogP contribution in [0.15, 0.2) is 66.2 Å². The number of carbonyl (C=O) groups is 1. The summed E-state index contributed by atoms with van der Waals surface area (Å²) in [4.78, 5) is 12.3. The zero-order chi connectivity index (χ0) is 15.5. The van der Waals surface area contributed by atoms with Gasteiger partial charge in [0, 0.05) is 5.57 Å². The second-order valence-corrected chi connectivity index (χ2v) is 5.56. The van der Waals surface area contributed by atoms with Gasteiger partial charge < -0.3 is 10.6 Å². The van der Waals surface area contributed by atoms with E-state index in [1.54, 1.807) is 6.92 Å². The van der Waals surface area contributed by atoms with E-state index in [0.717, 1.165) is 16.8 Å². The second kappa shape index (κ2) is 6.12. The number of hydrogen-bond donors (Lipinski definition) is 2. The molecule has 0 amide bonds. The van der Waals surface area contributed by atoms with Crippen LogP contribution in [0, 0.1) is 0 Å². The molecule has 0 bridgehead atoms. The summed E-state index contributed by atoms with van der Waals surface area (Å²) >= 11 is 5.33. The Balaban J connectivity index is 2.18. The molecular formula is C18H16N2OS. The lowest BCUT2D eigenvalue weighted by Crippen LogP contribution is -2.44. The summed E-state index contributed by atoms with van der Waals surface area (Å²) in [6, 6.07) is 19.4. The number of Topliss-reactive ketones (excluding diaryl/α,β-unsaturated/α-hetero) is 1. The van der Waals surface area contributed by atoms with Crippen molar-refractivity contribution in [1.29, 1.82) is 0 Å². The molecule has 2 aromatic carbocycles. The van der Waals surface area contributed by atoms with E-state index in [1.807, 2.05) is 60.7 Å². The molecule has 0 aliphatic carbocycles. The fourth-order valence-electron chi connectivity index (χ4n) is 2.67. The molecule has 2 N–H and O–H groups in total. The summed E-state index contributed by atoms with van der Waals surface area (Å²) in [5.41, 5.74) is 3.46. The highest BCUT2D eigenvalue weighted by molar-refractivity contribution is 7.80. The van der Waals surface area contributed by atoms with E-state index >= 15 is 0 Å². The van der Waals surface area contributed by atoms with E-state index < -0.39 is 0 Å². The summed E-state index contributed by atoms with van der Waals surface area (Å²) in [6.07, 6.45) is 0. The standard InChI is InChI=1S/C18H16N2OS/c1-12(21)15-16(13-8-4-2-5-9-13)19-18(22)20-17(15)14-10-6-3-7-11-14/h2-11,16H,1H3,(H2,19,20,22)/t16-/m0/s1. The molecule has 110 valence electrons. The Bertz CT molecular complexity index is 738. The van der Waals surface area contributed by atoms with Crippen LogP contribution >= 0.6 is 12.2 Å². The van der Waals surface area contributed by atoms with Crippen molar-refractivity contribution in [3.63, 3.8) is 0 Å². The van der Waals surface area contributed by atoms with Gasteiger partial charge in [0.05, 0.1) is 11.7 Å². The lowest BCUT2D eigenvalue weighted by Gasteiger charge is -2.31. The fraction of sp³-hybridized carbons (Fsp3) is 0.111. The number of carbonyl (C=O) groups excluding carboxylic acids is 1. The third-order valence-electron chi connectivity index (χ3n) is 3.65. The largest absolute Gasteiger partial charge is 0.351 e. The molecule has 0 radical (unpaired) electrons. The molecule has 0 fully saturated rings. The minimum absolute atomic E-state index is 0.0233. The summed E-state index contributed by atoms with van der Waals surface area (Å²) in [7, 11) is 0. The molecule has 0 aromatic heterocycles. The Morgan fingerprint density at radius 2 is 1.59 bits per heavy atom. The van der Waals surface area contributed by atoms with E-state index in [4.69, 9.17) is 12.2 Å². The van der Waals surface area contributed by atoms with Crippen LogP contribution in [0.2, 0.25) is 0 Å². The van der Waals surface area contributed by atoms with Gasteiger partial charge in [-0.3, -0.25) is 4.79 Å². The first-order valence-electron chi connectivity index (χ1n) is 7.10. The van der Waals surface area contributed by atoms with E-state index in [0.29, 0.717) is 10.7 Å². The van der Waals surface area contributed by atoms with Gasteiger partial charge in [-0.1, -0.05) is 60.7 Å².